The van der Waals surface area contributed by atoms with E-state index in [4.69, 9.17) is 15.2 Å². The van der Waals surface area contributed by atoms with Crippen LogP contribution in [-0.4, -0.2) is 11.6 Å². The van der Waals surface area contributed by atoms with E-state index in [0.717, 1.165) is 87.5 Å². The van der Waals surface area contributed by atoms with Gasteiger partial charge in [0.2, 0.25) is 0 Å². The van der Waals surface area contributed by atoms with Crippen LogP contribution in [-0.2, 0) is 20.6 Å². The van der Waals surface area contributed by atoms with Gasteiger partial charge in [-0.1, -0.05) is 51.4 Å². The monoisotopic (exact) mass is 1140 g/mol. The van der Waals surface area contributed by atoms with Crippen molar-refractivity contribution in [3.63, 3.8) is 0 Å². The molecule has 4 aliphatic rings. The fraction of sp³-hybridized carbons (Fsp3) is 0.490. The Kier molecular flexibility index (Phi) is 26.4. The standard InChI is InChI=1S/C24H23F7O.C18H21BrF4.C6H3F3O.CH2O3.2K.H/c25-18-9-16(15-7-5-14(6-8-15)13-3-1-2-4-13)10-19(26)22(18)24(30,31)32-17-11-20(27)23(29)21(28)12-17;19-18(22,23)17-15(20)9-14(10-16(17)21)13-7-5-12(6-8-13)11-3-1-2-4-11;7-4-1-3(10)2-5(8)6(4)9;2-1-4-3;;;/h9-15H,1-8H2;9-13H,1-8H2;1-2,10H;1,3H;;;/q;;;;2*+1;-1/p-1. The molecule has 4 aromatic carbocycles. The number of phenolic OH excluding ortho intramolecular Hbond substituents is 1. The third kappa shape index (κ3) is 17.9. The summed E-state index contributed by atoms with van der Waals surface area (Å²) < 4.78 is 192. The summed E-state index contributed by atoms with van der Waals surface area (Å²) in [4.78, 5) is 7.57. The maximum absolute atomic E-state index is 14.6. The molecule has 0 saturated heterocycles. The number of carbonyl (C=O) groups excluding carboxylic acids is 1. The van der Waals surface area contributed by atoms with Gasteiger partial charge in [-0.2, -0.15) is 17.6 Å². The predicted molar refractivity (Wildman–Crippen MR) is 226 cm³/mol. The molecule has 8 rings (SSSR count). The molecule has 0 heterocycles. The van der Waals surface area contributed by atoms with E-state index < -0.39 is 91.7 Å². The molecule has 0 aliphatic heterocycles. The van der Waals surface area contributed by atoms with Gasteiger partial charge in [0.1, 0.15) is 45.9 Å². The van der Waals surface area contributed by atoms with Crippen LogP contribution in [0.3, 0.4) is 0 Å². The number of phenols is 1. The van der Waals surface area contributed by atoms with Gasteiger partial charge in [0, 0.05) is 24.3 Å². The second-order valence-corrected chi connectivity index (χ2v) is 18.8. The number of ether oxygens (including phenoxy) is 1. The van der Waals surface area contributed by atoms with E-state index in [1.54, 1.807) is 0 Å². The molecule has 0 bridgehead atoms. The Morgan fingerprint density at radius 2 is 0.803 bits per heavy atom. The molecule has 22 heteroatoms. The third-order valence-electron chi connectivity index (χ3n) is 13.5. The topological polar surface area (TPSA) is 78.8 Å². The first kappa shape index (κ1) is 64.0. The van der Waals surface area contributed by atoms with Gasteiger partial charge >= 0.3 is 114 Å². The molecule has 4 fully saturated rings. The summed E-state index contributed by atoms with van der Waals surface area (Å²) in [6.07, 6.45) is 13.0. The van der Waals surface area contributed by atoms with Crippen molar-refractivity contribution in [3.8, 4) is 11.5 Å². The van der Waals surface area contributed by atoms with E-state index in [0.29, 0.717) is 35.1 Å². The minimum atomic E-state index is -4.57. The first-order chi connectivity index (χ1) is 32.5. The molecule has 382 valence electrons. The molecule has 5 nitrogen and oxygen atoms in total. The fourth-order valence-electron chi connectivity index (χ4n) is 10.2. The maximum atomic E-state index is 14.6. The van der Waals surface area contributed by atoms with Crippen LogP contribution in [0.1, 0.15) is 138 Å². The van der Waals surface area contributed by atoms with E-state index in [9.17, 15) is 61.5 Å². The first-order valence-electron chi connectivity index (χ1n) is 22.4. The van der Waals surface area contributed by atoms with Crippen LogP contribution in [0.15, 0.2) is 48.5 Å². The average Bonchev–Trinajstić information content (AvgIpc) is 4.03. The van der Waals surface area contributed by atoms with Crippen LogP contribution >= 0.6 is 15.9 Å². The molecule has 4 aromatic rings. The molecule has 1 N–H and O–H groups in total. The Bertz CT molecular complexity index is 2270. The van der Waals surface area contributed by atoms with Crippen LogP contribution in [0.25, 0.3) is 0 Å². The van der Waals surface area contributed by atoms with E-state index in [2.05, 4.69) is 9.62 Å². The predicted octanol–water partition coefficient (Wildman–Crippen LogP) is 9.21. The van der Waals surface area contributed by atoms with Gasteiger partial charge in [0.25, 0.3) is 6.47 Å². The Morgan fingerprint density at radius 1 is 0.507 bits per heavy atom. The number of aromatic hydroxyl groups is 1. The molecule has 0 aromatic heterocycles. The van der Waals surface area contributed by atoms with Crippen molar-refractivity contribution >= 4 is 22.4 Å². The summed E-state index contributed by atoms with van der Waals surface area (Å²) in [6.45, 7) is -0.181. The summed E-state index contributed by atoms with van der Waals surface area (Å²) in [6, 6.07) is 5.29. The van der Waals surface area contributed by atoms with E-state index in [1.165, 1.54) is 51.4 Å². The van der Waals surface area contributed by atoms with Crippen molar-refractivity contribution in [1.29, 1.82) is 0 Å². The number of hydrogen-bond acceptors (Lipinski definition) is 5. The Labute approximate surface area is 496 Å². The zero-order chi connectivity index (χ0) is 50.8. The average molecular weight is 1140 g/mol. The Hall–Kier alpha value is -1.32. The summed E-state index contributed by atoms with van der Waals surface area (Å²) >= 11 is 2.04. The van der Waals surface area contributed by atoms with Crippen molar-refractivity contribution in [3.05, 3.63) is 129 Å². The van der Waals surface area contributed by atoms with Gasteiger partial charge in [-0.15, -0.1) is 0 Å². The quantitative estimate of drug-likeness (QED) is 0.0344. The van der Waals surface area contributed by atoms with Crippen LogP contribution in [0.2, 0.25) is 0 Å². The van der Waals surface area contributed by atoms with Crippen LogP contribution in [0, 0.1) is 81.8 Å². The zero-order valence-corrected chi connectivity index (χ0v) is 46.6. The van der Waals surface area contributed by atoms with Crippen molar-refractivity contribution in [2.75, 3.05) is 0 Å². The van der Waals surface area contributed by atoms with Crippen LogP contribution in [0.4, 0.5) is 61.5 Å². The summed E-state index contributed by atoms with van der Waals surface area (Å²) in [5.74, 6) is -14.0. The minimum absolute atomic E-state index is 0. The van der Waals surface area contributed by atoms with Gasteiger partial charge in [-0.25, -0.2) is 43.9 Å². The molecule has 0 radical (unpaired) electrons. The van der Waals surface area contributed by atoms with Crippen molar-refractivity contribution in [2.45, 2.75) is 126 Å². The van der Waals surface area contributed by atoms with Gasteiger partial charge in [-0.05, 0) is 138 Å². The molecular formula is C49H49BrF14K2O5. The van der Waals surface area contributed by atoms with Gasteiger partial charge < -0.3 is 21.4 Å². The molecule has 71 heavy (non-hydrogen) atoms. The molecule has 0 amide bonds. The third-order valence-corrected chi connectivity index (χ3v) is 13.9. The molecule has 4 saturated carbocycles. The van der Waals surface area contributed by atoms with Crippen molar-refractivity contribution in [2.24, 2.45) is 23.7 Å². The number of benzene rings is 4. The molecule has 4 aliphatic carbocycles. The number of carbonyl (C=O) groups is 1. The van der Waals surface area contributed by atoms with Gasteiger partial charge in [0.05, 0.1) is 0 Å². The zero-order valence-electron chi connectivity index (χ0n) is 39.7. The van der Waals surface area contributed by atoms with Crippen LogP contribution in [0.5, 0.6) is 11.5 Å². The van der Waals surface area contributed by atoms with Crippen LogP contribution < -0.4 is 113 Å². The molecule has 0 atom stereocenters. The number of rotatable bonds is 9. The van der Waals surface area contributed by atoms with Gasteiger partial charge in [0.15, 0.2) is 34.9 Å². The Balaban J connectivity index is 0.000000387. The molecule has 0 spiro atoms. The minimum Gasteiger partial charge on any atom is -1.00 e. The van der Waals surface area contributed by atoms with Gasteiger partial charge in [-0.3, -0.25) is 4.79 Å². The van der Waals surface area contributed by atoms with E-state index >= 15 is 0 Å². The number of hydrogen-bond donors (Lipinski definition) is 1. The number of alkyl halides is 5. The maximum Gasteiger partial charge on any atom is 1.00 e. The van der Waals surface area contributed by atoms with Crippen molar-refractivity contribution < 1.29 is 190 Å². The van der Waals surface area contributed by atoms with E-state index in [1.807, 2.05) is 15.9 Å². The largest absolute Gasteiger partial charge is 1.00 e. The first-order valence-corrected chi connectivity index (χ1v) is 23.2. The fourth-order valence-corrected chi connectivity index (χ4v) is 10.6. The van der Waals surface area contributed by atoms with E-state index in [-0.39, 0.29) is 135 Å². The summed E-state index contributed by atoms with van der Waals surface area (Å²) in [5.41, 5.74) is -2.03. The molecular weight excluding hydrogens is 1090 g/mol. The SMILES string of the molecule is Fc1cc(C2CCC(C3CCCC3)CC2)cc(F)c1C(F)(F)Br.Fc1cc(OC(F)(F)c2c(F)cc(C3CCC(C4CCCC4)CC3)cc2F)cc(F)c1F.O=CO[O-].Oc1cc(F)c(F)c(F)c1.[H-].[K+].[K+]. The van der Waals surface area contributed by atoms with Crippen molar-refractivity contribution in [1.82, 2.24) is 0 Å². The molecule has 0 unspecified atom stereocenters. The second-order valence-electron chi connectivity index (χ2n) is 17.8. The normalized spacial score (nSPS) is 20.4. The summed E-state index contributed by atoms with van der Waals surface area (Å²) in [7, 11) is 0. The summed E-state index contributed by atoms with van der Waals surface area (Å²) in [5, 5.41) is 16.9. The number of halogens is 15. The second kappa shape index (κ2) is 29.3. The smallest absolute Gasteiger partial charge is 1.00 e. The Morgan fingerprint density at radius 3 is 1.11 bits per heavy atom.